The predicted molar refractivity (Wildman–Crippen MR) is 65.9 cm³/mol. The Balaban J connectivity index is 1.77. The number of nitrogens with two attached hydrogens (primary N) is 1. The molecule has 2 heterocycles. The molecule has 0 bridgehead atoms. The Kier molecular flexibility index (Phi) is 3.76. The van der Waals surface area contributed by atoms with Crippen LogP contribution in [0.4, 0.5) is 0 Å². The van der Waals surface area contributed by atoms with E-state index in [-0.39, 0.29) is 5.91 Å². The van der Waals surface area contributed by atoms with Gasteiger partial charge in [-0.15, -0.1) is 11.3 Å². The van der Waals surface area contributed by atoms with E-state index in [2.05, 4.69) is 10.3 Å². The number of nitrogens with zero attached hydrogens (tertiary/aromatic N) is 1. The van der Waals surface area contributed by atoms with E-state index in [1.54, 1.807) is 11.3 Å². The molecule has 0 radical (unpaired) electrons. The third-order valence-electron chi connectivity index (χ3n) is 2.80. The maximum Gasteiger partial charge on any atom is 0.242 e. The molecular formula is C11H17N3O2S. The van der Waals surface area contributed by atoms with Crippen molar-refractivity contribution in [2.45, 2.75) is 25.3 Å². The van der Waals surface area contributed by atoms with Crippen LogP contribution in [0.2, 0.25) is 0 Å². The largest absolute Gasteiger partial charge is 0.379 e. The second-order valence-electron chi connectivity index (χ2n) is 4.35. The minimum atomic E-state index is -0.835. The van der Waals surface area contributed by atoms with E-state index >= 15 is 0 Å². The molecule has 17 heavy (non-hydrogen) atoms. The van der Waals surface area contributed by atoms with Crippen molar-refractivity contribution in [2.24, 2.45) is 5.73 Å². The number of carbonyl (C=O) groups excluding carboxylic acids is 1. The Morgan fingerprint density at radius 3 is 3.18 bits per heavy atom. The van der Waals surface area contributed by atoms with Crippen molar-refractivity contribution in [3.05, 3.63) is 16.1 Å². The Hall–Kier alpha value is -0.980. The van der Waals surface area contributed by atoms with Crippen LogP contribution in [-0.4, -0.2) is 36.2 Å². The number of nitrogens with one attached hydrogen (secondary N) is 1. The third-order valence-corrected chi connectivity index (χ3v) is 3.82. The lowest BCUT2D eigenvalue weighted by Crippen LogP contribution is -2.54. The van der Waals surface area contributed by atoms with Gasteiger partial charge in [0, 0.05) is 30.6 Å². The van der Waals surface area contributed by atoms with Gasteiger partial charge in [-0.1, -0.05) is 0 Å². The second-order valence-corrected chi connectivity index (χ2v) is 5.29. The van der Waals surface area contributed by atoms with E-state index in [1.807, 2.05) is 12.3 Å². The zero-order valence-corrected chi connectivity index (χ0v) is 10.7. The fraction of sp³-hybridized carbons (Fsp3) is 0.636. The molecule has 6 heteroatoms. The van der Waals surface area contributed by atoms with Gasteiger partial charge in [-0.2, -0.15) is 0 Å². The summed E-state index contributed by atoms with van der Waals surface area (Å²) in [5.41, 5.74) is 6.13. The molecule has 1 aromatic rings. The Morgan fingerprint density at radius 2 is 2.59 bits per heavy atom. The van der Waals surface area contributed by atoms with E-state index in [0.717, 1.165) is 17.1 Å². The molecule has 1 saturated heterocycles. The molecule has 1 amide bonds. The Morgan fingerprint density at radius 1 is 1.76 bits per heavy atom. The van der Waals surface area contributed by atoms with Gasteiger partial charge in [0.25, 0.3) is 0 Å². The fourth-order valence-corrected chi connectivity index (χ4v) is 2.51. The SMILES string of the molecule is Cc1csc(CCNC(=O)C2(N)CCOC2)n1. The van der Waals surface area contributed by atoms with Gasteiger partial charge < -0.3 is 15.8 Å². The smallest absolute Gasteiger partial charge is 0.242 e. The topological polar surface area (TPSA) is 77.2 Å². The van der Waals surface area contributed by atoms with Gasteiger partial charge >= 0.3 is 0 Å². The number of aryl methyl sites for hydroxylation is 1. The molecule has 1 aromatic heterocycles. The quantitative estimate of drug-likeness (QED) is 0.807. The molecule has 1 fully saturated rings. The lowest BCUT2D eigenvalue weighted by molar-refractivity contribution is -0.126. The van der Waals surface area contributed by atoms with Crippen LogP contribution in [0.5, 0.6) is 0 Å². The first-order chi connectivity index (χ1) is 8.10. The van der Waals surface area contributed by atoms with Crippen LogP contribution in [0.1, 0.15) is 17.1 Å². The maximum atomic E-state index is 11.8. The molecule has 94 valence electrons. The molecule has 1 aliphatic rings. The lowest BCUT2D eigenvalue weighted by atomic mass is 9.99. The molecule has 0 saturated carbocycles. The van der Waals surface area contributed by atoms with E-state index in [1.165, 1.54) is 0 Å². The van der Waals surface area contributed by atoms with E-state index in [9.17, 15) is 4.79 Å². The van der Waals surface area contributed by atoms with Crippen LogP contribution in [-0.2, 0) is 16.0 Å². The average molecular weight is 255 g/mol. The number of hydrogen-bond acceptors (Lipinski definition) is 5. The van der Waals surface area contributed by atoms with Gasteiger partial charge in [0.2, 0.25) is 5.91 Å². The van der Waals surface area contributed by atoms with Gasteiger partial charge in [0.1, 0.15) is 5.54 Å². The summed E-state index contributed by atoms with van der Waals surface area (Å²) in [4.78, 5) is 16.2. The molecule has 0 aromatic carbocycles. The fourth-order valence-electron chi connectivity index (χ4n) is 1.74. The summed E-state index contributed by atoms with van der Waals surface area (Å²) in [5.74, 6) is -0.122. The number of aromatic nitrogens is 1. The molecule has 1 atom stereocenters. The number of ether oxygens (including phenoxy) is 1. The van der Waals surface area contributed by atoms with Crippen molar-refractivity contribution in [3.8, 4) is 0 Å². The zero-order valence-electron chi connectivity index (χ0n) is 9.86. The van der Waals surface area contributed by atoms with Crippen molar-refractivity contribution in [2.75, 3.05) is 19.8 Å². The van der Waals surface area contributed by atoms with Gasteiger partial charge in [-0.3, -0.25) is 4.79 Å². The predicted octanol–water partition coefficient (Wildman–Crippen LogP) is 0.228. The Labute approximate surface area is 104 Å². The second kappa shape index (κ2) is 5.12. The van der Waals surface area contributed by atoms with Crippen molar-refractivity contribution in [3.63, 3.8) is 0 Å². The zero-order chi connectivity index (χ0) is 12.3. The normalized spacial score (nSPS) is 23.9. The first-order valence-corrected chi connectivity index (χ1v) is 6.54. The molecule has 3 N–H and O–H groups in total. The summed E-state index contributed by atoms with van der Waals surface area (Å²) in [6, 6.07) is 0. The lowest BCUT2D eigenvalue weighted by Gasteiger charge is -2.20. The van der Waals surface area contributed by atoms with E-state index < -0.39 is 5.54 Å². The minimum absolute atomic E-state index is 0.122. The highest BCUT2D eigenvalue weighted by Gasteiger charge is 2.37. The van der Waals surface area contributed by atoms with E-state index in [4.69, 9.17) is 10.5 Å². The van der Waals surface area contributed by atoms with Crippen molar-refractivity contribution >= 4 is 17.2 Å². The Bertz CT molecular complexity index is 399. The van der Waals surface area contributed by atoms with Crippen molar-refractivity contribution < 1.29 is 9.53 Å². The average Bonchev–Trinajstić information content (AvgIpc) is 2.89. The number of carbonyl (C=O) groups is 1. The molecule has 0 spiro atoms. The molecule has 0 aliphatic carbocycles. The van der Waals surface area contributed by atoms with Gasteiger partial charge in [-0.05, 0) is 13.3 Å². The summed E-state index contributed by atoms with van der Waals surface area (Å²) < 4.78 is 5.15. The van der Waals surface area contributed by atoms with Crippen LogP contribution in [0.25, 0.3) is 0 Å². The minimum Gasteiger partial charge on any atom is -0.379 e. The van der Waals surface area contributed by atoms with Crippen molar-refractivity contribution in [1.82, 2.24) is 10.3 Å². The first kappa shape index (κ1) is 12.5. The first-order valence-electron chi connectivity index (χ1n) is 5.66. The molecule has 2 rings (SSSR count). The molecule has 5 nitrogen and oxygen atoms in total. The maximum absolute atomic E-state index is 11.8. The summed E-state index contributed by atoms with van der Waals surface area (Å²) in [6.45, 7) is 3.42. The van der Waals surface area contributed by atoms with Crippen molar-refractivity contribution in [1.29, 1.82) is 0 Å². The summed E-state index contributed by atoms with van der Waals surface area (Å²) in [7, 11) is 0. The third kappa shape index (κ3) is 3.02. The highest BCUT2D eigenvalue weighted by Crippen LogP contribution is 2.15. The van der Waals surface area contributed by atoms with Gasteiger partial charge in [0.05, 0.1) is 11.6 Å². The van der Waals surface area contributed by atoms with Crippen LogP contribution in [0, 0.1) is 6.92 Å². The van der Waals surface area contributed by atoms with Crippen LogP contribution >= 0.6 is 11.3 Å². The molecule has 1 unspecified atom stereocenters. The number of thiazole rings is 1. The van der Waals surface area contributed by atoms with Crippen LogP contribution < -0.4 is 11.1 Å². The van der Waals surface area contributed by atoms with Crippen LogP contribution in [0.15, 0.2) is 5.38 Å². The number of hydrogen-bond donors (Lipinski definition) is 2. The highest BCUT2D eigenvalue weighted by atomic mass is 32.1. The van der Waals surface area contributed by atoms with Crippen LogP contribution in [0.3, 0.4) is 0 Å². The number of amides is 1. The standard InChI is InChI=1S/C11H17N3O2S/c1-8-6-17-9(14-8)2-4-13-10(15)11(12)3-5-16-7-11/h6H,2-5,7,12H2,1H3,(H,13,15). The van der Waals surface area contributed by atoms with Gasteiger partial charge in [-0.25, -0.2) is 4.98 Å². The van der Waals surface area contributed by atoms with Gasteiger partial charge in [0.15, 0.2) is 0 Å². The summed E-state index contributed by atoms with van der Waals surface area (Å²) in [6.07, 6.45) is 1.34. The summed E-state index contributed by atoms with van der Waals surface area (Å²) in [5, 5.41) is 5.89. The molecular weight excluding hydrogens is 238 g/mol. The monoisotopic (exact) mass is 255 g/mol. The van der Waals surface area contributed by atoms with E-state index in [0.29, 0.717) is 26.2 Å². The number of rotatable bonds is 4. The summed E-state index contributed by atoms with van der Waals surface area (Å²) >= 11 is 1.61. The highest BCUT2D eigenvalue weighted by molar-refractivity contribution is 7.09. The molecule has 1 aliphatic heterocycles.